The summed E-state index contributed by atoms with van der Waals surface area (Å²) in [5.41, 5.74) is 6.74. The Bertz CT molecular complexity index is 2880. The molecule has 4 nitrogen and oxygen atoms in total. The van der Waals surface area contributed by atoms with Gasteiger partial charge in [-0.1, -0.05) is 127 Å². The van der Waals surface area contributed by atoms with Crippen molar-refractivity contribution in [1.82, 2.24) is 15.0 Å². The number of fused-ring (bicyclic) bond motifs is 9. The fraction of sp³-hybridized carbons (Fsp3) is 0. The van der Waals surface area contributed by atoms with Gasteiger partial charge in [0.1, 0.15) is 11.2 Å². The summed E-state index contributed by atoms with van der Waals surface area (Å²) in [6, 6.07) is 56.9. The van der Waals surface area contributed by atoms with Gasteiger partial charge in [0, 0.05) is 32.8 Å². The van der Waals surface area contributed by atoms with Crippen LogP contribution in [0.5, 0.6) is 0 Å². The first-order valence-corrected chi connectivity index (χ1v) is 16.4. The van der Waals surface area contributed by atoms with Gasteiger partial charge in [-0.05, 0) is 74.5 Å². The molecule has 0 aliphatic carbocycles. The highest BCUT2D eigenvalue weighted by atomic mass is 16.3. The number of benzene rings is 8. The smallest absolute Gasteiger partial charge is 0.164 e. The Morgan fingerprint density at radius 3 is 1.55 bits per heavy atom. The molecule has 0 bridgehead atoms. The van der Waals surface area contributed by atoms with Crippen molar-refractivity contribution in [3.05, 3.63) is 164 Å². The maximum absolute atomic E-state index is 6.16. The standard InChI is InChI=1S/C45H27N3O/c1-3-13-28(14-4-1)31-26-38-34-19-8-7-17-32(34)33-18-9-10-21-36(33)42(38)39(27-31)45-47-43(29-15-5-2-6-16-29)46-44(48-45)30-23-24-41-37(25-30)35-20-11-12-22-40(35)49-41/h1-27H. The molecule has 0 unspecified atom stereocenters. The zero-order chi connectivity index (χ0) is 32.3. The zero-order valence-electron chi connectivity index (χ0n) is 26.3. The lowest BCUT2D eigenvalue weighted by atomic mass is 9.88. The highest BCUT2D eigenvalue weighted by Crippen LogP contribution is 2.43. The van der Waals surface area contributed by atoms with Crippen LogP contribution in [-0.2, 0) is 0 Å². The van der Waals surface area contributed by atoms with E-state index < -0.39 is 0 Å². The lowest BCUT2D eigenvalue weighted by Gasteiger charge is -2.17. The number of aromatic nitrogens is 3. The summed E-state index contributed by atoms with van der Waals surface area (Å²) in [4.78, 5) is 15.6. The van der Waals surface area contributed by atoms with Gasteiger partial charge >= 0.3 is 0 Å². The van der Waals surface area contributed by atoms with E-state index in [0.717, 1.165) is 55.1 Å². The van der Waals surface area contributed by atoms with Crippen LogP contribution < -0.4 is 0 Å². The van der Waals surface area contributed by atoms with E-state index in [1.807, 2.05) is 48.5 Å². The van der Waals surface area contributed by atoms with E-state index in [0.29, 0.717) is 17.5 Å². The van der Waals surface area contributed by atoms with E-state index in [-0.39, 0.29) is 0 Å². The minimum Gasteiger partial charge on any atom is -0.456 e. The monoisotopic (exact) mass is 625 g/mol. The Kier molecular flexibility index (Phi) is 6.15. The van der Waals surface area contributed by atoms with E-state index in [9.17, 15) is 0 Å². The topological polar surface area (TPSA) is 51.8 Å². The van der Waals surface area contributed by atoms with Crippen LogP contribution in [-0.4, -0.2) is 15.0 Å². The molecule has 0 aliphatic rings. The van der Waals surface area contributed by atoms with Gasteiger partial charge in [0.05, 0.1) is 0 Å². The van der Waals surface area contributed by atoms with Crippen LogP contribution in [0, 0.1) is 0 Å². The van der Waals surface area contributed by atoms with E-state index in [1.165, 1.54) is 26.9 Å². The van der Waals surface area contributed by atoms with Crippen molar-refractivity contribution in [2.24, 2.45) is 0 Å². The Balaban J connectivity index is 1.32. The van der Waals surface area contributed by atoms with Crippen LogP contribution in [0.4, 0.5) is 0 Å². The van der Waals surface area contributed by atoms with E-state index in [2.05, 4.69) is 115 Å². The minimum absolute atomic E-state index is 0.611. The highest BCUT2D eigenvalue weighted by Gasteiger charge is 2.20. The molecule has 0 fully saturated rings. The summed E-state index contributed by atoms with van der Waals surface area (Å²) in [6.45, 7) is 0. The molecule has 228 valence electrons. The van der Waals surface area contributed by atoms with Crippen molar-refractivity contribution in [3.63, 3.8) is 0 Å². The molecule has 49 heavy (non-hydrogen) atoms. The second-order valence-corrected chi connectivity index (χ2v) is 12.4. The van der Waals surface area contributed by atoms with E-state index in [1.54, 1.807) is 0 Å². The molecule has 0 spiro atoms. The molecule has 2 aromatic heterocycles. The summed E-state index contributed by atoms with van der Waals surface area (Å²) >= 11 is 0. The molecule has 4 heteroatoms. The molecule has 0 radical (unpaired) electrons. The highest BCUT2D eigenvalue weighted by molar-refractivity contribution is 6.28. The maximum atomic E-state index is 6.16. The van der Waals surface area contributed by atoms with Crippen molar-refractivity contribution in [2.75, 3.05) is 0 Å². The Hall–Kier alpha value is -6.65. The van der Waals surface area contributed by atoms with Crippen molar-refractivity contribution >= 4 is 54.3 Å². The maximum Gasteiger partial charge on any atom is 0.164 e. The number of hydrogen-bond donors (Lipinski definition) is 0. The molecule has 0 saturated heterocycles. The Morgan fingerprint density at radius 2 is 0.816 bits per heavy atom. The van der Waals surface area contributed by atoms with E-state index in [4.69, 9.17) is 19.4 Å². The summed E-state index contributed by atoms with van der Waals surface area (Å²) in [5.74, 6) is 1.87. The molecule has 8 aromatic carbocycles. The molecule has 0 atom stereocenters. The Morgan fingerprint density at radius 1 is 0.306 bits per heavy atom. The van der Waals surface area contributed by atoms with Crippen LogP contribution >= 0.6 is 0 Å². The lowest BCUT2D eigenvalue weighted by Crippen LogP contribution is -2.01. The van der Waals surface area contributed by atoms with Gasteiger partial charge in [-0.25, -0.2) is 15.0 Å². The third-order valence-corrected chi connectivity index (χ3v) is 9.49. The fourth-order valence-corrected chi connectivity index (χ4v) is 7.21. The fourth-order valence-electron chi connectivity index (χ4n) is 7.21. The van der Waals surface area contributed by atoms with Crippen LogP contribution in [0.2, 0.25) is 0 Å². The van der Waals surface area contributed by atoms with E-state index >= 15 is 0 Å². The number of furan rings is 1. The Labute approximate surface area is 282 Å². The van der Waals surface area contributed by atoms with Gasteiger partial charge in [0.2, 0.25) is 0 Å². The van der Waals surface area contributed by atoms with Crippen LogP contribution in [0.25, 0.3) is 99.5 Å². The molecular formula is C45H27N3O. The average Bonchev–Trinajstić information content (AvgIpc) is 3.56. The minimum atomic E-state index is 0.611. The van der Waals surface area contributed by atoms with Crippen LogP contribution in [0.1, 0.15) is 0 Å². The van der Waals surface area contributed by atoms with Crippen molar-refractivity contribution in [2.45, 2.75) is 0 Å². The predicted molar refractivity (Wildman–Crippen MR) is 201 cm³/mol. The van der Waals surface area contributed by atoms with Gasteiger partial charge in [0.15, 0.2) is 17.5 Å². The molecule has 0 aliphatic heterocycles. The SMILES string of the molecule is c1ccc(-c2cc(-c3nc(-c4ccccc4)nc(-c4ccc5oc6ccccc6c5c4)n3)c3c4ccccc4c4ccccc4c3c2)cc1. The van der Waals surface area contributed by atoms with Crippen LogP contribution in [0.3, 0.4) is 0 Å². The third kappa shape index (κ3) is 4.49. The number of hydrogen-bond acceptors (Lipinski definition) is 4. The molecule has 10 rings (SSSR count). The average molecular weight is 626 g/mol. The molecule has 0 saturated carbocycles. The molecule has 0 amide bonds. The summed E-state index contributed by atoms with van der Waals surface area (Å²) in [7, 11) is 0. The van der Waals surface area contributed by atoms with Gasteiger partial charge < -0.3 is 4.42 Å². The second-order valence-electron chi connectivity index (χ2n) is 12.4. The zero-order valence-corrected chi connectivity index (χ0v) is 26.3. The van der Waals surface area contributed by atoms with Gasteiger partial charge in [-0.2, -0.15) is 0 Å². The first kappa shape index (κ1) is 27.5. The van der Waals surface area contributed by atoms with Gasteiger partial charge in [0.25, 0.3) is 0 Å². The van der Waals surface area contributed by atoms with Gasteiger partial charge in [-0.3, -0.25) is 0 Å². The second kappa shape index (κ2) is 11.0. The summed E-state index contributed by atoms with van der Waals surface area (Å²) in [5, 5.41) is 9.19. The summed E-state index contributed by atoms with van der Waals surface area (Å²) < 4.78 is 6.16. The predicted octanol–water partition coefficient (Wildman–Crippen LogP) is 11.9. The van der Waals surface area contributed by atoms with Crippen LogP contribution in [0.15, 0.2) is 168 Å². The third-order valence-electron chi connectivity index (χ3n) is 9.49. The lowest BCUT2D eigenvalue weighted by molar-refractivity contribution is 0.669. The van der Waals surface area contributed by atoms with Crippen molar-refractivity contribution in [1.29, 1.82) is 0 Å². The van der Waals surface area contributed by atoms with Crippen molar-refractivity contribution in [3.8, 4) is 45.3 Å². The molecule has 10 aromatic rings. The first-order chi connectivity index (χ1) is 24.3. The number of rotatable bonds is 4. The van der Waals surface area contributed by atoms with Gasteiger partial charge in [-0.15, -0.1) is 0 Å². The summed E-state index contributed by atoms with van der Waals surface area (Å²) in [6.07, 6.45) is 0. The molecule has 2 heterocycles. The number of nitrogens with zero attached hydrogens (tertiary/aromatic N) is 3. The molecule has 0 N–H and O–H groups in total. The quantitative estimate of drug-likeness (QED) is 0.183. The first-order valence-electron chi connectivity index (χ1n) is 16.4. The normalized spacial score (nSPS) is 11.7. The molecular weight excluding hydrogens is 599 g/mol. The largest absolute Gasteiger partial charge is 0.456 e. The van der Waals surface area contributed by atoms with Crippen molar-refractivity contribution < 1.29 is 4.42 Å². The number of para-hydroxylation sites is 1.